The molecule has 1 unspecified atom stereocenters. The molecule has 2 rings (SSSR count). The van der Waals surface area contributed by atoms with Gasteiger partial charge in [-0.05, 0) is 41.4 Å². The number of hydrogen-bond acceptors (Lipinski definition) is 0. The van der Waals surface area contributed by atoms with Gasteiger partial charge < -0.3 is 0 Å². The van der Waals surface area contributed by atoms with Gasteiger partial charge >= 0.3 is 0 Å². The summed E-state index contributed by atoms with van der Waals surface area (Å²) in [6.07, 6.45) is 6.63. The van der Waals surface area contributed by atoms with Crippen LogP contribution in [0.3, 0.4) is 0 Å². The normalized spacial score (nSPS) is 11.6. The first kappa shape index (κ1) is 26.4. The monoisotopic (exact) mass is 382 g/mol. The summed E-state index contributed by atoms with van der Waals surface area (Å²) in [5.74, 6) is 0.873. The Morgan fingerprint density at radius 3 is 2.00 bits per heavy atom. The SMILES string of the molecule is CC.CC.CCC(C)CCCCC(C)(C)c1cccc(-c2ccc(C)cc2)c1. The zero-order chi connectivity index (χ0) is 21.6. The van der Waals surface area contributed by atoms with Crippen molar-refractivity contribution in [2.75, 3.05) is 0 Å². The summed E-state index contributed by atoms with van der Waals surface area (Å²) in [5, 5.41) is 0. The van der Waals surface area contributed by atoms with Crippen LogP contribution in [0.4, 0.5) is 0 Å². The average molecular weight is 383 g/mol. The molecule has 2 aromatic rings. The second-order valence-corrected chi connectivity index (χ2v) is 8.09. The Labute approximate surface area is 176 Å². The van der Waals surface area contributed by atoms with Crippen molar-refractivity contribution in [1.82, 2.24) is 0 Å². The van der Waals surface area contributed by atoms with Crippen LogP contribution in [-0.2, 0) is 5.41 Å². The van der Waals surface area contributed by atoms with Crippen LogP contribution in [0.15, 0.2) is 48.5 Å². The molecule has 2 aromatic carbocycles. The maximum absolute atomic E-state index is 2.39. The molecule has 0 radical (unpaired) electrons. The van der Waals surface area contributed by atoms with Gasteiger partial charge in [-0.15, -0.1) is 0 Å². The van der Waals surface area contributed by atoms with Gasteiger partial charge in [0.2, 0.25) is 0 Å². The largest absolute Gasteiger partial charge is 0.0683 e. The van der Waals surface area contributed by atoms with Crippen LogP contribution in [0.5, 0.6) is 0 Å². The summed E-state index contributed by atoms with van der Waals surface area (Å²) in [6, 6.07) is 18.0. The summed E-state index contributed by atoms with van der Waals surface area (Å²) in [7, 11) is 0. The van der Waals surface area contributed by atoms with Gasteiger partial charge in [-0.2, -0.15) is 0 Å². The molecule has 0 N–H and O–H groups in total. The summed E-state index contributed by atoms with van der Waals surface area (Å²) < 4.78 is 0. The number of hydrogen-bond donors (Lipinski definition) is 0. The van der Waals surface area contributed by atoms with Crippen molar-refractivity contribution in [3.63, 3.8) is 0 Å². The third-order valence-electron chi connectivity index (χ3n) is 5.47. The molecule has 0 aliphatic heterocycles. The Hall–Kier alpha value is -1.56. The molecule has 158 valence electrons. The molecule has 0 saturated carbocycles. The van der Waals surface area contributed by atoms with Gasteiger partial charge in [0.15, 0.2) is 0 Å². The molecule has 0 heterocycles. The van der Waals surface area contributed by atoms with Crippen molar-refractivity contribution in [2.24, 2.45) is 5.92 Å². The van der Waals surface area contributed by atoms with E-state index in [4.69, 9.17) is 0 Å². The van der Waals surface area contributed by atoms with Crippen molar-refractivity contribution in [3.05, 3.63) is 59.7 Å². The van der Waals surface area contributed by atoms with E-state index in [2.05, 4.69) is 83.1 Å². The van der Waals surface area contributed by atoms with E-state index in [1.54, 1.807) is 0 Å². The number of aryl methyl sites for hydroxylation is 1. The molecule has 0 aromatic heterocycles. The maximum atomic E-state index is 2.39. The fourth-order valence-electron chi connectivity index (χ4n) is 3.27. The molecule has 0 bridgehead atoms. The highest BCUT2D eigenvalue weighted by Crippen LogP contribution is 2.32. The van der Waals surface area contributed by atoms with E-state index in [-0.39, 0.29) is 5.41 Å². The highest BCUT2D eigenvalue weighted by Gasteiger charge is 2.20. The van der Waals surface area contributed by atoms with Crippen LogP contribution in [0.1, 0.15) is 98.6 Å². The van der Waals surface area contributed by atoms with Gasteiger partial charge in [0.25, 0.3) is 0 Å². The van der Waals surface area contributed by atoms with Crippen LogP contribution in [0, 0.1) is 12.8 Å². The zero-order valence-corrected chi connectivity index (χ0v) is 20.2. The first-order valence-electron chi connectivity index (χ1n) is 11.6. The van der Waals surface area contributed by atoms with E-state index < -0.39 is 0 Å². The van der Waals surface area contributed by atoms with Crippen molar-refractivity contribution >= 4 is 0 Å². The maximum Gasteiger partial charge on any atom is -0.0103 e. The molecule has 0 amide bonds. The van der Waals surface area contributed by atoms with Gasteiger partial charge in [0.05, 0.1) is 0 Å². The van der Waals surface area contributed by atoms with Gasteiger partial charge in [0.1, 0.15) is 0 Å². The molecule has 0 aliphatic rings. The van der Waals surface area contributed by atoms with Gasteiger partial charge in [-0.25, -0.2) is 0 Å². The van der Waals surface area contributed by atoms with Crippen molar-refractivity contribution < 1.29 is 0 Å². The molecule has 28 heavy (non-hydrogen) atoms. The summed E-state index contributed by atoms with van der Waals surface area (Å²) >= 11 is 0. The second kappa shape index (κ2) is 14.4. The van der Waals surface area contributed by atoms with Crippen LogP contribution in [0.25, 0.3) is 11.1 Å². The molecule has 1 atom stereocenters. The lowest BCUT2D eigenvalue weighted by Crippen LogP contribution is -2.17. The molecule has 0 nitrogen and oxygen atoms in total. The first-order valence-corrected chi connectivity index (χ1v) is 11.6. The molecule has 0 spiro atoms. The Bertz CT molecular complexity index is 619. The third-order valence-corrected chi connectivity index (χ3v) is 5.47. The Morgan fingerprint density at radius 2 is 1.43 bits per heavy atom. The predicted octanol–water partition coefficient (Wildman–Crippen LogP) is 9.60. The molecular weight excluding hydrogens is 336 g/mol. The van der Waals surface area contributed by atoms with Crippen molar-refractivity contribution in [1.29, 1.82) is 0 Å². The lowest BCUT2D eigenvalue weighted by Gasteiger charge is -2.26. The van der Waals surface area contributed by atoms with E-state index in [9.17, 15) is 0 Å². The van der Waals surface area contributed by atoms with Gasteiger partial charge in [0, 0.05) is 0 Å². The minimum atomic E-state index is 0.246. The standard InChI is InChI=1S/C24H34.2C2H6/c1-6-19(2)10-7-8-17-24(4,5)23-12-9-11-22(18-23)21-15-13-20(3)14-16-21;2*1-2/h9,11-16,18-19H,6-8,10,17H2,1-5H3;2*1-2H3. The smallest absolute Gasteiger partial charge is 0.0103 e. The van der Waals surface area contributed by atoms with Crippen LogP contribution in [0.2, 0.25) is 0 Å². The topological polar surface area (TPSA) is 0 Å². The zero-order valence-electron chi connectivity index (χ0n) is 20.2. The fraction of sp³-hybridized carbons (Fsp3) is 0.571. The number of unbranched alkanes of at least 4 members (excludes halogenated alkanes) is 1. The molecule has 0 aliphatic carbocycles. The van der Waals surface area contributed by atoms with E-state index in [1.807, 2.05) is 27.7 Å². The highest BCUT2D eigenvalue weighted by atomic mass is 14.2. The predicted molar refractivity (Wildman–Crippen MR) is 130 cm³/mol. The second-order valence-electron chi connectivity index (χ2n) is 8.09. The van der Waals surface area contributed by atoms with Gasteiger partial charge in [-0.3, -0.25) is 0 Å². The molecular formula is C28H46. The molecule has 0 fully saturated rings. The minimum Gasteiger partial charge on any atom is -0.0683 e. The van der Waals surface area contributed by atoms with E-state index in [1.165, 1.54) is 54.4 Å². The minimum absolute atomic E-state index is 0.246. The Balaban J connectivity index is 0.00000171. The summed E-state index contributed by atoms with van der Waals surface area (Å²) in [4.78, 5) is 0. The highest BCUT2D eigenvalue weighted by molar-refractivity contribution is 5.64. The third kappa shape index (κ3) is 9.09. The summed E-state index contributed by atoms with van der Waals surface area (Å²) in [6.45, 7) is 19.6. The van der Waals surface area contributed by atoms with Crippen LogP contribution >= 0.6 is 0 Å². The van der Waals surface area contributed by atoms with E-state index in [0.717, 1.165) is 5.92 Å². The van der Waals surface area contributed by atoms with E-state index in [0.29, 0.717) is 0 Å². The number of rotatable bonds is 8. The molecule has 0 saturated heterocycles. The summed E-state index contributed by atoms with van der Waals surface area (Å²) in [5.41, 5.74) is 5.67. The van der Waals surface area contributed by atoms with Crippen LogP contribution in [-0.4, -0.2) is 0 Å². The van der Waals surface area contributed by atoms with E-state index >= 15 is 0 Å². The average Bonchev–Trinajstić information content (AvgIpc) is 2.74. The lowest BCUT2D eigenvalue weighted by molar-refractivity contribution is 0.417. The van der Waals surface area contributed by atoms with Gasteiger partial charge in [-0.1, -0.05) is 135 Å². The van der Waals surface area contributed by atoms with Crippen molar-refractivity contribution in [2.45, 2.75) is 99.8 Å². The van der Waals surface area contributed by atoms with Crippen molar-refractivity contribution in [3.8, 4) is 11.1 Å². The Kier molecular flexibility index (Phi) is 13.6. The molecule has 0 heteroatoms. The van der Waals surface area contributed by atoms with Crippen LogP contribution < -0.4 is 0 Å². The Morgan fingerprint density at radius 1 is 0.821 bits per heavy atom. The fourth-order valence-corrected chi connectivity index (χ4v) is 3.27. The first-order chi connectivity index (χ1) is 13.4. The number of benzene rings is 2. The lowest BCUT2D eigenvalue weighted by atomic mass is 9.79. The quantitative estimate of drug-likeness (QED) is 0.398.